The highest BCUT2D eigenvalue weighted by Crippen LogP contribution is 2.25. The lowest BCUT2D eigenvalue weighted by Crippen LogP contribution is -2.27. The van der Waals surface area contributed by atoms with Gasteiger partial charge in [-0.05, 0) is 20.3 Å². The number of carbonyl (C=O) groups excluding carboxylic acids is 1. The van der Waals surface area contributed by atoms with Gasteiger partial charge in [0.05, 0.1) is 5.41 Å². The summed E-state index contributed by atoms with van der Waals surface area (Å²) in [6, 6.07) is 0. The zero-order valence-electron chi connectivity index (χ0n) is 8.87. The van der Waals surface area contributed by atoms with Gasteiger partial charge in [-0.1, -0.05) is 26.2 Å². The van der Waals surface area contributed by atoms with E-state index < -0.39 is 22.7 Å². The molecule has 1 atom stereocenters. The van der Waals surface area contributed by atoms with Crippen LogP contribution in [0.2, 0.25) is 0 Å². The van der Waals surface area contributed by atoms with Crippen LogP contribution in [0.3, 0.4) is 0 Å². The second-order valence-electron chi connectivity index (χ2n) is 3.92. The zero-order valence-corrected chi connectivity index (χ0v) is 9.69. The molecule has 0 aliphatic heterocycles. The Morgan fingerprint density at radius 2 is 2.00 bits per heavy atom. The first-order valence-corrected chi connectivity index (χ1v) is 5.72. The summed E-state index contributed by atoms with van der Waals surface area (Å²) >= 11 is -2.75. The van der Waals surface area contributed by atoms with E-state index in [9.17, 15) is 13.6 Å². The Morgan fingerprint density at radius 1 is 1.43 bits per heavy atom. The third-order valence-electron chi connectivity index (χ3n) is 2.10. The summed E-state index contributed by atoms with van der Waals surface area (Å²) in [6.07, 6.45) is 3.66. The minimum absolute atomic E-state index is 0.650. The molecule has 0 radical (unpaired) electrons. The van der Waals surface area contributed by atoms with Crippen molar-refractivity contribution in [3.8, 4) is 0 Å². The van der Waals surface area contributed by atoms with Gasteiger partial charge < -0.3 is 8.74 Å². The maximum Gasteiger partial charge on any atom is 0.324 e. The van der Waals surface area contributed by atoms with Gasteiger partial charge in [0.2, 0.25) is 0 Å². The SMILES string of the molecule is CCCCCC(C)(C)C(=O)OS(=O)[O-]. The molecule has 14 heavy (non-hydrogen) atoms. The molecule has 0 aromatic rings. The Kier molecular flexibility index (Phi) is 5.95. The molecule has 0 aromatic heterocycles. The van der Waals surface area contributed by atoms with E-state index >= 15 is 0 Å². The summed E-state index contributed by atoms with van der Waals surface area (Å²) in [4.78, 5) is 11.3. The van der Waals surface area contributed by atoms with Gasteiger partial charge in [-0.15, -0.1) is 0 Å². The molecule has 0 heterocycles. The lowest BCUT2D eigenvalue weighted by molar-refractivity contribution is -0.143. The van der Waals surface area contributed by atoms with Crippen molar-refractivity contribution in [2.75, 3.05) is 0 Å². The van der Waals surface area contributed by atoms with E-state index in [1.165, 1.54) is 0 Å². The van der Waals surface area contributed by atoms with Gasteiger partial charge in [0.15, 0.2) is 0 Å². The van der Waals surface area contributed by atoms with Crippen LogP contribution in [0.25, 0.3) is 0 Å². The van der Waals surface area contributed by atoms with Gasteiger partial charge in [0.25, 0.3) is 0 Å². The molecule has 4 nitrogen and oxygen atoms in total. The van der Waals surface area contributed by atoms with Crippen molar-refractivity contribution in [2.45, 2.75) is 46.5 Å². The van der Waals surface area contributed by atoms with Gasteiger partial charge in [-0.3, -0.25) is 4.79 Å². The topological polar surface area (TPSA) is 66.4 Å². The Hall–Kier alpha value is -0.420. The van der Waals surface area contributed by atoms with Crippen LogP contribution in [0.1, 0.15) is 46.5 Å². The smallest absolute Gasteiger partial charge is 0.324 e. The lowest BCUT2D eigenvalue weighted by Gasteiger charge is -2.22. The third kappa shape index (κ3) is 5.34. The normalized spacial score (nSPS) is 13.7. The Morgan fingerprint density at radius 3 is 2.43 bits per heavy atom. The fourth-order valence-corrected chi connectivity index (χ4v) is 1.44. The van der Waals surface area contributed by atoms with Gasteiger partial charge in [0, 0.05) is 0 Å². The van der Waals surface area contributed by atoms with Crippen LogP contribution in [-0.4, -0.2) is 14.7 Å². The Balaban J connectivity index is 4.02. The highest BCUT2D eigenvalue weighted by molar-refractivity contribution is 7.74. The van der Waals surface area contributed by atoms with E-state index in [-0.39, 0.29) is 0 Å². The summed E-state index contributed by atoms with van der Waals surface area (Å²) in [5.74, 6) is -0.679. The van der Waals surface area contributed by atoms with Gasteiger partial charge in [-0.25, -0.2) is 4.21 Å². The van der Waals surface area contributed by atoms with E-state index in [1.54, 1.807) is 13.8 Å². The molecule has 0 aliphatic carbocycles. The minimum atomic E-state index is -2.75. The molecule has 84 valence electrons. The van der Waals surface area contributed by atoms with Gasteiger partial charge in [0.1, 0.15) is 11.4 Å². The van der Waals surface area contributed by atoms with Crippen LogP contribution in [0.4, 0.5) is 0 Å². The fourth-order valence-electron chi connectivity index (χ4n) is 1.09. The highest BCUT2D eigenvalue weighted by atomic mass is 32.2. The lowest BCUT2D eigenvalue weighted by atomic mass is 9.87. The highest BCUT2D eigenvalue weighted by Gasteiger charge is 2.29. The van der Waals surface area contributed by atoms with Crippen molar-refractivity contribution in [1.29, 1.82) is 0 Å². The fraction of sp³-hybridized carbons (Fsp3) is 0.889. The molecule has 0 spiro atoms. The minimum Gasteiger partial charge on any atom is -0.740 e. The summed E-state index contributed by atoms with van der Waals surface area (Å²) in [5.41, 5.74) is -0.713. The largest absolute Gasteiger partial charge is 0.740 e. The first kappa shape index (κ1) is 13.6. The van der Waals surface area contributed by atoms with Crippen molar-refractivity contribution in [3.05, 3.63) is 0 Å². The van der Waals surface area contributed by atoms with Gasteiger partial charge >= 0.3 is 5.97 Å². The van der Waals surface area contributed by atoms with Crippen LogP contribution in [0, 0.1) is 5.41 Å². The molecule has 0 amide bonds. The van der Waals surface area contributed by atoms with E-state index in [2.05, 4.69) is 11.1 Å². The quantitative estimate of drug-likeness (QED) is 0.507. The molecule has 1 unspecified atom stereocenters. The molecule has 0 bridgehead atoms. The zero-order chi connectivity index (χ0) is 11.2. The molecular weight excluding hydrogens is 204 g/mol. The van der Waals surface area contributed by atoms with Gasteiger partial charge in [-0.2, -0.15) is 0 Å². The average molecular weight is 221 g/mol. The van der Waals surface area contributed by atoms with E-state index in [1.807, 2.05) is 0 Å². The molecule has 0 saturated carbocycles. The standard InChI is InChI=1S/C9H18O4S/c1-4-5-6-7-9(2,3)8(10)13-14(11)12/h4-7H2,1-3H3,(H,11,12)/p-1. The Labute approximate surface area is 87.5 Å². The first-order valence-electron chi connectivity index (χ1n) is 4.72. The van der Waals surface area contributed by atoms with Crippen molar-refractivity contribution in [3.63, 3.8) is 0 Å². The van der Waals surface area contributed by atoms with E-state index in [0.29, 0.717) is 6.42 Å². The molecule has 0 N–H and O–H groups in total. The first-order chi connectivity index (χ1) is 6.40. The number of hydrogen-bond acceptors (Lipinski definition) is 4. The molecule has 5 heteroatoms. The molecule has 0 rings (SSSR count). The second-order valence-corrected chi connectivity index (χ2v) is 4.49. The number of unbranched alkanes of at least 4 members (excludes halogenated alkanes) is 2. The average Bonchev–Trinajstić information content (AvgIpc) is 2.03. The third-order valence-corrected chi connectivity index (χ3v) is 2.39. The summed E-state index contributed by atoms with van der Waals surface area (Å²) < 4.78 is 24.4. The number of rotatable bonds is 6. The molecule has 0 aliphatic rings. The Bertz CT molecular complexity index is 213. The maximum absolute atomic E-state index is 11.3. The predicted octanol–water partition coefficient (Wildman–Crippen LogP) is 1.93. The predicted molar refractivity (Wildman–Crippen MR) is 52.9 cm³/mol. The van der Waals surface area contributed by atoms with E-state index in [4.69, 9.17) is 0 Å². The van der Waals surface area contributed by atoms with Crippen LogP contribution < -0.4 is 0 Å². The van der Waals surface area contributed by atoms with Crippen molar-refractivity contribution >= 4 is 17.3 Å². The summed E-state index contributed by atoms with van der Waals surface area (Å²) in [5, 5.41) is 0. The second kappa shape index (κ2) is 6.14. The molecular formula is C9H17O4S-. The number of hydrogen-bond donors (Lipinski definition) is 0. The molecule has 0 saturated heterocycles. The van der Waals surface area contributed by atoms with Crippen LogP contribution in [0.5, 0.6) is 0 Å². The maximum atomic E-state index is 11.3. The van der Waals surface area contributed by atoms with E-state index in [0.717, 1.165) is 19.3 Å². The summed E-state index contributed by atoms with van der Waals surface area (Å²) in [7, 11) is 0. The van der Waals surface area contributed by atoms with Crippen molar-refractivity contribution < 1.29 is 17.7 Å². The van der Waals surface area contributed by atoms with Crippen molar-refractivity contribution in [2.24, 2.45) is 5.41 Å². The monoisotopic (exact) mass is 221 g/mol. The van der Waals surface area contributed by atoms with Crippen LogP contribution >= 0.6 is 0 Å². The van der Waals surface area contributed by atoms with Crippen LogP contribution in [-0.2, 0) is 20.3 Å². The molecule has 0 aromatic carbocycles. The number of carbonyl (C=O) groups is 1. The van der Waals surface area contributed by atoms with Crippen molar-refractivity contribution in [1.82, 2.24) is 0 Å². The summed E-state index contributed by atoms with van der Waals surface area (Å²) in [6.45, 7) is 5.45. The molecule has 0 fully saturated rings. The van der Waals surface area contributed by atoms with Crippen LogP contribution in [0.15, 0.2) is 0 Å².